The molecule has 0 saturated carbocycles. The van der Waals surface area contributed by atoms with Crippen molar-refractivity contribution in [1.82, 2.24) is 5.32 Å². The Kier molecular flexibility index (Phi) is 4.17. The highest BCUT2D eigenvalue weighted by molar-refractivity contribution is 7.12. The highest BCUT2D eigenvalue weighted by Crippen LogP contribution is 2.32. The molecule has 2 rings (SSSR count). The first-order chi connectivity index (χ1) is 9.06. The van der Waals surface area contributed by atoms with E-state index >= 15 is 0 Å². The summed E-state index contributed by atoms with van der Waals surface area (Å²) in [4.78, 5) is 1.98. The summed E-state index contributed by atoms with van der Waals surface area (Å²) in [5.74, 6) is -1.04. The standard InChI is InChI=1S/C14H15F2NOS/c1-8-4-5-12(19-8)14(17-2)13-10(15)6-9(18-3)7-11(13)16/h4-7,14,17H,1-3H3. The van der Waals surface area contributed by atoms with Gasteiger partial charge < -0.3 is 10.1 Å². The molecule has 5 heteroatoms. The van der Waals surface area contributed by atoms with Gasteiger partial charge in [-0.3, -0.25) is 0 Å². The van der Waals surface area contributed by atoms with Gasteiger partial charge in [0.15, 0.2) is 0 Å². The van der Waals surface area contributed by atoms with Crippen LogP contribution < -0.4 is 10.1 Å². The molecule has 0 saturated heterocycles. The molecule has 1 unspecified atom stereocenters. The Bertz CT molecular complexity index is 560. The normalized spacial score (nSPS) is 12.5. The summed E-state index contributed by atoms with van der Waals surface area (Å²) < 4.78 is 33.0. The number of rotatable bonds is 4. The molecule has 0 spiro atoms. The smallest absolute Gasteiger partial charge is 0.134 e. The highest BCUT2D eigenvalue weighted by Gasteiger charge is 2.22. The lowest BCUT2D eigenvalue weighted by molar-refractivity contribution is 0.403. The molecule has 1 aromatic carbocycles. The Hall–Kier alpha value is -1.46. The van der Waals surface area contributed by atoms with E-state index in [4.69, 9.17) is 4.74 Å². The van der Waals surface area contributed by atoms with Crippen LogP contribution in [0.5, 0.6) is 5.75 Å². The van der Waals surface area contributed by atoms with Crippen LogP contribution in [0.1, 0.15) is 21.4 Å². The van der Waals surface area contributed by atoms with Gasteiger partial charge in [-0.25, -0.2) is 8.78 Å². The Balaban J connectivity index is 2.49. The molecule has 2 aromatic rings. The van der Waals surface area contributed by atoms with E-state index in [1.54, 1.807) is 7.05 Å². The zero-order valence-corrected chi connectivity index (χ0v) is 11.8. The topological polar surface area (TPSA) is 21.3 Å². The average Bonchev–Trinajstić information content (AvgIpc) is 2.79. The molecule has 1 heterocycles. The molecule has 0 aliphatic carbocycles. The molecule has 2 nitrogen and oxygen atoms in total. The molecule has 0 radical (unpaired) electrons. The molecule has 19 heavy (non-hydrogen) atoms. The van der Waals surface area contributed by atoms with Crippen LogP contribution in [0.25, 0.3) is 0 Å². The SMILES string of the molecule is CNC(c1ccc(C)s1)c1c(F)cc(OC)cc1F. The summed E-state index contributed by atoms with van der Waals surface area (Å²) in [7, 11) is 3.06. The number of hydrogen-bond donors (Lipinski definition) is 1. The maximum absolute atomic E-state index is 14.1. The van der Waals surface area contributed by atoms with Crippen LogP contribution in [0.4, 0.5) is 8.78 Å². The van der Waals surface area contributed by atoms with Gasteiger partial charge in [-0.1, -0.05) is 0 Å². The number of halogens is 2. The van der Waals surface area contributed by atoms with Gasteiger partial charge in [0.25, 0.3) is 0 Å². The maximum Gasteiger partial charge on any atom is 0.134 e. The largest absolute Gasteiger partial charge is 0.497 e. The first-order valence-corrected chi connectivity index (χ1v) is 6.65. The lowest BCUT2D eigenvalue weighted by Gasteiger charge is -2.17. The minimum Gasteiger partial charge on any atom is -0.497 e. The van der Waals surface area contributed by atoms with Gasteiger partial charge in [0.1, 0.15) is 17.4 Å². The monoisotopic (exact) mass is 283 g/mol. The first kappa shape index (κ1) is 14.0. The second-order valence-electron chi connectivity index (χ2n) is 4.17. The van der Waals surface area contributed by atoms with Crippen LogP contribution in [0.2, 0.25) is 0 Å². The van der Waals surface area contributed by atoms with E-state index in [1.165, 1.54) is 30.6 Å². The second kappa shape index (κ2) is 5.67. The van der Waals surface area contributed by atoms with Crippen molar-refractivity contribution in [2.45, 2.75) is 13.0 Å². The summed E-state index contributed by atoms with van der Waals surface area (Å²) in [5, 5.41) is 2.96. The van der Waals surface area contributed by atoms with E-state index in [2.05, 4.69) is 5.32 Å². The van der Waals surface area contributed by atoms with Crippen LogP contribution in [0, 0.1) is 18.6 Å². The van der Waals surface area contributed by atoms with Gasteiger partial charge in [-0.05, 0) is 26.1 Å². The third-order valence-corrected chi connectivity index (χ3v) is 3.98. The summed E-state index contributed by atoms with van der Waals surface area (Å²) in [6, 6.07) is 5.71. The molecular weight excluding hydrogens is 268 g/mol. The molecule has 0 aliphatic heterocycles. The molecule has 1 N–H and O–H groups in total. The number of nitrogens with one attached hydrogen (secondary N) is 1. The molecule has 0 amide bonds. The van der Waals surface area contributed by atoms with Crippen molar-refractivity contribution in [1.29, 1.82) is 0 Å². The van der Waals surface area contributed by atoms with Gasteiger partial charge in [0.05, 0.1) is 13.2 Å². The van der Waals surface area contributed by atoms with Crippen molar-refractivity contribution in [2.24, 2.45) is 0 Å². The highest BCUT2D eigenvalue weighted by atomic mass is 32.1. The molecular formula is C14H15F2NOS. The predicted molar refractivity (Wildman–Crippen MR) is 72.9 cm³/mol. The number of hydrogen-bond acceptors (Lipinski definition) is 3. The lowest BCUT2D eigenvalue weighted by atomic mass is 10.0. The minimum absolute atomic E-state index is 0.0187. The number of methoxy groups -OCH3 is 1. The van der Waals surface area contributed by atoms with Crippen molar-refractivity contribution in [2.75, 3.05) is 14.2 Å². The molecule has 0 fully saturated rings. The zero-order chi connectivity index (χ0) is 14.0. The van der Waals surface area contributed by atoms with Crippen molar-refractivity contribution >= 4 is 11.3 Å². The third-order valence-electron chi connectivity index (χ3n) is 2.91. The van der Waals surface area contributed by atoms with E-state index in [0.717, 1.165) is 9.75 Å². The van der Waals surface area contributed by atoms with E-state index in [9.17, 15) is 8.78 Å². The fourth-order valence-corrected chi connectivity index (χ4v) is 2.99. The fourth-order valence-electron chi connectivity index (χ4n) is 1.99. The minimum atomic E-state index is -0.609. The van der Waals surface area contributed by atoms with E-state index < -0.39 is 17.7 Å². The van der Waals surface area contributed by atoms with E-state index in [1.807, 2.05) is 19.1 Å². The van der Waals surface area contributed by atoms with Crippen molar-refractivity contribution < 1.29 is 13.5 Å². The average molecular weight is 283 g/mol. The van der Waals surface area contributed by atoms with Crippen LogP contribution in [-0.2, 0) is 0 Å². The molecule has 1 aromatic heterocycles. The lowest BCUT2D eigenvalue weighted by Crippen LogP contribution is -2.19. The van der Waals surface area contributed by atoms with Crippen LogP contribution >= 0.6 is 11.3 Å². The Labute approximate surface area is 115 Å². The Morgan fingerprint density at radius 1 is 1.21 bits per heavy atom. The number of thiophene rings is 1. The number of ether oxygens (including phenoxy) is 1. The van der Waals surface area contributed by atoms with Crippen molar-refractivity contribution in [3.8, 4) is 5.75 Å². The molecule has 102 valence electrons. The Morgan fingerprint density at radius 2 is 1.84 bits per heavy atom. The van der Waals surface area contributed by atoms with Gasteiger partial charge >= 0.3 is 0 Å². The van der Waals surface area contributed by atoms with Gasteiger partial charge in [-0.15, -0.1) is 11.3 Å². The van der Waals surface area contributed by atoms with E-state index in [-0.39, 0.29) is 11.3 Å². The van der Waals surface area contributed by atoms with Crippen LogP contribution in [0.3, 0.4) is 0 Å². The second-order valence-corrected chi connectivity index (χ2v) is 5.49. The van der Waals surface area contributed by atoms with Crippen LogP contribution in [-0.4, -0.2) is 14.2 Å². The summed E-state index contributed by atoms with van der Waals surface area (Å²) >= 11 is 1.52. The van der Waals surface area contributed by atoms with Crippen molar-refractivity contribution in [3.63, 3.8) is 0 Å². The Morgan fingerprint density at radius 3 is 2.26 bits per heavy atom. The fraction of sp³-hybridized carbons (Fsp3) is 0.286. The zero-order valence-electron chi connectivity index (χ0n) is 11.0. The quantitative estimate of drug-likeness (QED) is 0.924. The van der Waals surface area contributed by atoms with Gasteiger partial charge in [-0.2, -0.15) is 0 Å². The number of benzene rings is 1. The van der Waals surface area contributed by atoms with Gasteiger partial charge in [0, 0.05) is 27.5 Å². The van der Waals surface area contributed by atoms with Gasteiger partial charge in [0.2, 0.25) is 0 Å². The van der Waals surface area contributed by atoms with Crippen LogP contribution in [0.15, 0.2) is 24.3 Å². The first-order valence-electron chi connectivity index (χ1n) is 5.83. The molecule has 0 bridgehead atoms. The predicted octanol–water partition coefficient (Wildman–Crippen LogP) is 3.65. The summed E-state index contributed by atoms with van der Waals surface area (Å²) in [6.07, 6.45) is 0. The van der Waals surface area contributed by atoms with E-state index in [0.29, 0.717) is 0 Å². The third kappa shape index (κ3) is 2.77. The summed E-state index contributed by atoms with van der Waals surface area (Å²) in [6.45, 7) is 1.96. The molecule has 1 atom stereocenters. The van der Waals surface area contributed by atoms with Crippen molar-refractivity contribution in [3.05, 3.63) is 51.2 Å². The number of aryl methyl sites for hydroxylation is 1. The summed E-state index contributed by atoms with van der Waals surface area (Å²) in [5.41, 5.74) is 0.0187. The molecule has 0 aliphatic rings. The maximum atomic E-state index is 14.1.